The number of carbonyl (C=O) groups excluding carboxylic acids is 1. The van der Waals surface area contributed by atoms with E-state index in [1.54, 1.807) is 13.0 Å². The molecular formula is C11H12O3. The number of Topliss-reactive ketones (excluding diaryl/α,β-unsaturated/α-hetero) is 1. The number of hydrogen-bond donors (Lipinski definition) is 0. The van der Waals surface area contributed by atoms with Crippen LogP contribution in [0.1, 0.15) is 29.1 Å². The molecule has 0 aliphatic carbocycles. The minimum Gasteiger partial charge on any atom is -0.346 e. The van der Waals surface area contributed by atoms with E-state index in [9.17, 15) is 4.79 Å². The van der Waals surface area contributed by atoms with Gasteiger partial charge in [0.25, 0.3) is 0 Å². The zero-order valence-corrected chi connectivity index (χ0v) is 8.03. The van der Waals surface area contributed by atoms with Crippen molar-refractivity contribution < 1.29 is 14.3 Å². The third-order valence-electron chi connectivity index (χ3n) is 2.22. The Labute approximate surface area is 82.6 Å². The molecule has 1 heterocycles. The fraction of sp³-hybridized carbons (Fsp3) is 0.364. The molecule has 0 amide bonds. The highest BCUT2D eigenvalue weighted by Gasteiger charge is 2.21. The van der Waals surface area contributed by atoms with Crippen molar-refractivity contribution in [1.29, 1.82) is 0 Å². The van der Waals surface area contributed by atoms with E-state index >= 15 is 0 Å². The van der Waals surface area contributed by atoms with Gasteiger partial charge in [0.05, 0.1) is 13.2 Å². The van der Waals surface area contributed by atoms with Gasteiger partial charge in [-0.3, -0.25) is 4.79 Å². The van der Waals surface area contributed by atoms with Crippen molar-refractivity contribution in [3.05, 3.63) is 35.4 Å². The summed E-state index contributed by atoms with van der Waals surface area (Å²) in [6.45, 7) is 2.74. The highest BCUT2D eigenvalue weighted by molar-refractivity contribution is 5.95. The number of ketones is 1. The first-order valence-corrected chi connectivity index (χ1v) is 4.62. The number of benzene rings is 1. The summed E-state index contributed by atoms with van der Waals surface area (Å²) in [5.41, 5.74) is 1.51. The first kappa shape index (κ1) is 9.37. The predicted octanol–water partition coefficient (Wildman–Crippen LogP) is 1.93. The molecule has 0 N–H and O–H groups in total. The number of carbonyl (C=O) groups is 1. The number of ether oxygens (including phenoxy) is 2. The molecule has 74 valence electrons. The fourth-order valence-corrected chi connectivity index (χ4v) is 1.56. The Kier molecular flexibility index (Phi) is 2.61. The monoisotopic (exact) mass is 192 g/mol. The molecule has 1 fully saturated rings. The van der Waals surface area contributed by atoms with Gasteiger partial charge in [-0.2, -0.15) is 0 Å². The first-order chi connectivity index (χ1) is 6.79. The molecule has 2 rings (SSSR count). The molecule has 0 aromatic heterocycles. The number of hydrogen-bond acceptors (Lipinski definition) is 3. The lowest BCUT2D eigenvalue weighted by Gasteiger charge is -2.12. The summed E-state index contributed by atoms with van der Waals surface area (Å²) in [6, 6.07) is 7.39. The average Bonchev–Trinajstić information content (AvgIpc) is 2.70. The van der Waals surface area contributed by atoms with E-state index in [1.165, 1.54) is 0 Å². The quantitative estimate of drug-likeness (QED) is 0.672. The van der Waals surface area contributed by atoms with Crippen LogP contribution in [0.25, 0.3) is 0 Å². The van der Waals surface area contributed by atoms with Gasteiger partial charge in [-0.25, -0.2) is 0 Å². The Bertz CT molecular complexity index is 340. The number of rotatable bonds is 2. The molecular weight excluding hydrogens is 180 g/mol. The molecule has 14 heavy (non-hydrogen) atoms. The highest BCUT2D eigenvalue weighted by Crippen LogP contribution is 2.26. The summed E-state index contributed by atoms with van der Waals surface area (Å²) in [5, 5.41) is 0. The molecule has 1 aliphatic rings. The van der Waals surface area contributed by atoms with Crippen LogP contribution in [0, 0.1) is 0 Å². The van der Waals surface area contributed by atoms with Gasteiger partial charge in [-0.05, 0) is 6.92 Å². The third kappa shape index (κ3) is 1.69. The molecule has 3 heteroatoms. The maximum absolute atomic E-state index is 11.3. The van der Waals surface area contributed by atoms with Gasteiger partial charge in [0, 0.05) is 11.1 Å². The van der Waals surface area contributed by atoms with Gasteiger partial charge in [0.15, 0.2) is 12.1 Å². The van der Waals surface area contributed by atoms with Crippen molar-refractivity contribution in [1.82, 2.24) is 0 Å². The van der Waals surface area contributed by atoms with Crippen LogP contribution in [0.15, 0.2) is 24.3 Å². The van der Waals surface area contributed by atoms with E-state index in [-0.39, 0.29) is 12.1 Å². The van der Waals surface area contributed by atoms with Crippen molar-refractivity contribution in [3.63, 3.8) is 0 Å². The molecule has 0 bridgehead atoms. The SMILES string of the molecule is CC(=O)c1ccccc1C1OCCO1. The van der Waals surface area contributed by atoms with Gasteiger partial charge < -0.3 is 9.47 Å². The minimum absolute atomic E-state index is 0.0414. The molecule has 1 aromatic carbocycles. The highest BCUT2D eigenvalue weighted by atomic mass is 16.7. The van der Waals surface area contributed by atoms with E-state index in [0.717, 1.165) is 5.56 Å². The van der Waals surface area contributed by atoms with Crippen LogP contribution >= 0.6 is 0 Å². The zero-order chi connectivity index (χ0) is 9.97. The van der Waals surface area contributed by atoms with Crippen LogP contribution in [-0.4, -0.2) is 19.0 Å². The predicted molar refractivity (Wildman–Crippen MR) is 51.1 cm³/mol. The average molecular weight is 192 g/mol. The van der Waals surface area contributed by atoms with Crippen LogP contribution in [0.5, 0.6) is 0 Å². The molecule has 0 saturated carbocycles. The Morgan fingerprint density at radius 3 is 2.57 bits per heavy atom. The lowest BCUT2D eigenvalue weighted by Crippen LogP contribution is -2.05. The molecule has 1 aliphatic heterocycles. The molecule has 0 unspecified atom stereocenters. The topological polar surface area (TPSA) is 35.5 Å². The normalized spacial score (nSPS) is 17.2. The standard InChI is InChI=1S/C11H12O3/c1-8(12)9-4-2-3-5-10(9)11-13-6-7-14-11/h2-5,11H,6-7H2,1H3. The Hall–Kier alpha value is -1.19. The van der Waals surface area contributed by atoms with E-state index in [2.05, 4.69) is 0 Å². The largest absolute Gasteiger partial charge is 0.346 e. The van der Waals surface area contributed by atoms with Gasteiger partial charge in [0.1, 0.15) is 0 Å². The van der Waals surface area contributed by atoms with Gasteiger partial charge in [-0.1, -0.05) is 24.3 Å². The molecule has 0 spiro atoms. The van der Waals surface area contributed by atoms with Gasteiger partial charge in [-0.15, -0.1) is 0 Å². The van der Waals surface area contributed by atoms with E-state index in [1.807, 2.05) is 18.2 Å². The van der Waals surface area contributed by atoms with Crippen LogP contribution in [0.4, 0.5) is 0 Å². The van der Waals surface area contributed by atoms with Crippen molar-refractivity contribution in [2.45, 2.75) is 13.2 Å². The van der Waals surface area contributed by atoms with Crippen LogP contribution < -0.4 is 0 Å². The van der Waals surface area contributed by atoms with E-state index in [0.29, 0.717) is 18.8 Å². The summed E-state index contributed by atoms with van der Waals surface area (Å²) in [5.74, 6) is 0.0414. The van der Waals surface area contributed by atoms with Crippen molar-refractivity contribution in [2.24, 2.45) is 0 Å². The summed E-state index contributed by atoms with van der Waals surface area (Å²) in [4.78, 5) is 11.3. The molecule has 0 radical (unpaired) electrons. The lowest BCUT2D eigenvalue weighted by molar-refractivity contribution is -0.0445. The summed E-state index contributed by atoms with van der Waals surface area (Å²) < 4.78 is 10.7. The lowest BCUT2D eigenvalue weighted by atomic mass is 10.0. The van der Waals surface area contributed by atoms with Gasteiger partial charge >= 0.3 is 0 Å². The van der Waals surface area contributed by atoms with Gasteiger partial charge in [0.2, 0.25) is 0 Å². The second kappa shape index (κ2) is 3.90. The Morgan fingerprint density at radius 2 is 1.93 bits per heavy atom. The maximum Gasteiger partial charge on any atom is 0.184 e. The third-order valence-corrected chi connectivity index (χ3v) is 2.22. The van der Waals surface area contributed by atoms with Crippen LogP contribution in [-0.2, 0) is 9.47 Å². The fourth-order valence-electron chi connectivity index (χ4n) is 1.56. The molecule has 1 saturated heterocycles. The Balaban J connectivity index is 2.35. The van der Waals surface area contributed by atoms with E-state index in [4.69, 9.17) is 9.47 Å². The first-order valence-electron chi connectivity index (χ1n) is 4.62. The maximum atomic E-state index is 11.3. The molecule has 3 nitrogen and oxygen atoms in total. The van der Waals surface area contributed by atoms with Crippen molar-refractivity contribution >= 4 is 5.78 Å². The van der Waals surface area contributed by atoms with E-state index < -0.39 is 0 Å². The summed E-state index contributed by atoms with van der Waals surface area (Å²) in [7, 11) is 0. The van der Waals surface area contributed by atoms with Crippen molar-refractivity contribution in [3.8, 4) is 0 Å². The smallest absolute Gasteiger partial charge is 0.184 e. The molecule has 0 atom stereocenters. The van der Waals surface area contributed by atoms with Crippen LogP contribution in [0.2, 0.25) is 0 Å². The van der Waals surface area contributed by atoms with Crippen LogP contribution in [0.3, 0.4) is 0 Å². The molecule has 1 aromatic rings. The second-order valence-corrected chi connectivity index (χ2v) is 3.22. The zero-order valence-electron chi connectivity index (χ0n) is 8.03. The Morgan fingerprint density at radius 1 is 1.29 bits per heavy atom. The summed E-state index contributed by atoms with van der Waals surface area (Å²) >= 11 is 0. The van der Waals surface area contributed by atoms with Crippen molar-refractivity contribution in [2.75, 3.05) is 13.2 Å². The summed E-state index contributed by atoms with van der Waals surface area (Å²) in [6.07, 6.45) is -0.366. The minimum atomic E-state index is -0.366. The second-order valence-electron chi connectivity index (χ2n) is 3.22.